The molecule has 0 aromatic heterocycles. The summed E-state index contributed by atoms with van der Waals surface area (Å²) in [6, 6.07) is 14.2. The molecule has 110 valence electrons. The molecule has 2 rings (SSSR count). The molecule has 0 heterocycles. The summed E-state index contributed by atoms with van der Waals surface area (Å²) in [6.07, 6.45) is 0. The number of ether oxygens (including phenoxy) is 1. The first-order valence-corrected chi connectivity index (χ1v) is 6.94. The number of halogens is 1. The number of benzene rings is 2. The highest BCUT2D eigenvalue weighted by atomic mass is 35.5. The number of para-hydroxylation sites is 1. The van der Waals surface area contributed by atoms with Gasteiger partial charge in [-0.25, -0.2) is 0 Å². The summed E-state index contributed by atoms with van der Waals surface area (Å²) in [5, 5.41) is 0.619. The summed E-state index contributed by atoms with van der Waals surface area (Å²) in [6.45, 7) is 0.842. The monoisotopic (exact) mass is 304 g/mol. The third-order valence-corrected chi connectivity index (χ3v) is 3.26. The number of nitrogens with two attached hydrogens (primary N) is 1. The van der Waals surface area contributed by atoms with E-state index < -0.39 is 0 Å². The average molecular weight is 305 g/mol. The number of carbonyl (C=O) groups is 1. The van der Waals surface area contributed by atoms with Crippen molar-refractivity contribution in [2.24, 2.45) is 0 Å². The first-order valence-electron chi connectivity index (χ1n) is 6.56. The van der Waals surface area contributed by atoms with Gasteiger partial charge in [0.25, 0.3) is 5.91 Å². The minimum absolute atomic E-state index is 0.122. The Balaban J connectivity index is 1.89. The van der Waals surface area contributed by atoms with E-state index in [0.717, 1.165) is 0 Å². The van der Waals surface area contributed by atoms with Crippen molar-refractivity contribution in [3.8, 4) is 5.75 Å². The van der Waals surface area contributed by atoms with Crippen LogP contribution < -0.4 is 10.5 Å². The Morgan fingerprint density at radius 1 is 1.24 bits per heavy atom. The first kappa shape index (κ1) is 15.2. The van der Waals surface area contributed by atoms with E-state index >= 15 is 0 Å². The molecule has 0 aliphatic carbocycles. The zero-order valence-corrected chi connectivity index (χ0v) is 12.5. The van der Waals surface area contributed by atoms with Gasteiger partial charge in [0.15, 0.2) is 0 Å². The van der Waals surface area contributed by atoms with Crippen LogP contribution in [0.3, 0.4) is 0 Å². The minimum atomic E-state index is -0.122. The fourth-order valence-corrected chi connectivity index (χ4v) is 2.04. The summed E-state index contributed by atoms with van der Waals surface area (Å²) < 4.78 is 5.56. The Morgan fingerprint density at radius 2 is 2.00 bits per heavy atom. The summed E-state index contributed by atoms with van der Waals surface area (Å²) >= 11 is 5.88. The van der Waals surface area contributed by atoms with Gasteiger partial charge in [-0.2, -0.15) is 0 Å². The molecule has 0 bridgehead atoms. The van der Waals surface area contributed by atoms with E-state index in [1.54, 1.807) is 48.3 Å². The van der Waals surface area contributed by atoms with Gasteiger partial charge in [-0.3, -0.25) is 4.79 Å². The fourth-order valence-electron chi connectivity index (χ4n) is 1.86. The normalized spacial score (nSPS) is 10.2. The van der Waals surface area contributed by atoms with Crippen LogP contribution in [0, 0.1) is 0 Å². The van der Waals surface area contributed by atoms with Gasteiger partial charge in [-0.1, -0.05) is 29.8 Å². The number of amides is 1. The molecule has 2 aromatic rings. The topological polar surface area (TPSA) is 55.6 Å². The average Bonchev–Trinajstić information content (AvgIpc) is 2.47. The van der Waals surface area contributed by atoms with Gasteiger partial charge < -0.3 is 15.4 Å². The van der Waals surface area contributed by atoms with Crippen molar-refractivity contribution >= 4 is 23.2 Å². The van der Waals surface area contributed by atoms with E-state index in [-0.39, 0.29) is 5.91 Å². The number of hydrogen-bond acceptors (Lipinski definition) is 3. The highest BCUT2D eigenvalue weighted by Crippen LogP contribution is 2.17. The van der Waals surface area contributed by atoms with Crippen molar-refractivity contribution in [2.75, 3.05) is 25.9 Å². The van der Waals surface area contributed by atoms with Gasteiger partial charge in [0.05, 0.1) is 12.1 Å². The lowest BCUT2D eigenvalue weighted by Crippen LogP contribution is -2.31. The molecule has 0 aliphatic heterocycles. The van der Waals surface area contributed by atoms with E-state index in [9.17, 15) is 4.79 Å². The van der Waals surface area contributed by atoms with E-state index in [1.807, 2.05) is 12.1 Å². The smallest absolute Gasteiger partial charge is 0.255 e. The van der Waals surface area contributed by atoms with Gasteiger partial charge in [0.1, 0.15) is 12.4 Å². The summed E-state index contributed by atoms with van der Waals surface area (Å²) in [5.41, 5.74) is 6.78. The second-order valence-electron chi connectivity index (χ2n) is 4.62. The van der Waals surface area contributed by atoms with Gasteiger partial charge in [-0.15, -0.1) is 0 Å². The molecule has 0 aliphatic rings. The Morgan fingerprint density at radius 3 is 2.71 bits per heavy atom. The van der Waals surface area contributed by atoms with Crippen LogP contribution in [0.4, 0.5) is 5.69 Å². The Bertz CT molecular complexity index is 631. The Labute approximate surface area is 129 Å². The number of nitrogen functional groups attached to an aromatic ring is 1. The molecule has 5 heteroatoms. The largest absolute Gasteiger partial charge is 0.492 e. The second kappa shape index (κ2) is 6.99. The summed E-state index contributed by atoms with van der Waals surface area (Å²) in [4.78, 5) is 13.8. The maximum absolute atomic E-state index is 12.2. The molecule has 0 atom stereocenters. The van der Waals surface area contributed by atoms with Crippen LogP contribution in [-0.2, 0) is 0 Å². The highest BCUT2D eigenvalue weighted by Gasteiger charge is 2.13. The predicted molar refractivity (Wildman–Crippen MR) is 84.8 cm³/mol. The van der Waals surface area contributed by atoms with Crippen LogP contribution in [0.2, 0.25) is 5.02 Å². The third-order valence-electron chi connectivity index (χ3n) is 3.03. The van der Waals surface area contributed by atoms with Gasteiger partial charge in [-0.05, 0) is 30.3 Å². The summed E-state index contributed by atoms with van der Waals surface area (Å²) in [5.74, 6) is 0.561. The molecule has 0 saturated carbocycles. The van der Waals surface area contributed by atoms with E-state index in [2.05, 4.69) is 0 Å². The lowest BCUT2D eigenvalue weighted by atomic mass is 10.1. The second-order valence-corrected chi connectivity index (χ2v) is 5.06. The maximum atomic E-state index is 12.2. The predicted octanol–water partition coefficient (Wildman–Crippen LogP) is 3.07. The number of likely N-dealkylation sites (N-methyl/N-ethyl adjacent to an activating group) is 1. The maximum Gasteiger partial charge on any atom is 0.255 e. The first-order chi connectivity index (χ1) is 10.1. The zero-order valence-electron chi connectivity index (χ0n) is 11.8. The molecule has 0 spiro atoms. The van der Waals surface area contributed by atoms with Crippen molar-refractivity contribution in [3.05, 3.63) is 59.1 Å². The molecule has 2 aromatic carbocycles. The van der Waals surface area contributed by atoms with Gasteiger partial charge in [0, 0.05) is 17.8 Å². The van der Waals surface area contributed by atoms with Crippen LogP contribution in [-0.4, -0.2) is 31.0 Å². The molecule has 0 unspecified atom stereocenters. The minimum Gasteiger partial charge on any atom is -0.492 e. The summed E-state index contributed by atoms with van der Waals surface area (Å²) in [7, 11) is 1.72. The third kappa shape index (κ3) is 4.13. The molecule has 4 nitrogen and oxygen atoms in total. The van der Waals surface area contributed by atoms with E-state index in [1.165, 1.54) is 0 Å². The van der Waals surface area contributed by atoms with Gasteiger partial charge >= 0.3 is 0 Å². The van der Waals surface area contributed by atoms with Crippen LogP contribution in [0.5, 0.6) is 5.75 Å². The molecule has 0 radical (unpaired) electrons. The van der Waals surface area contributed by atoms with Crippen molar-refractivity contribution in [1.29, 1.82) is 0 Å². The lowest BCUT2D eigenvalue weighted by Gasteiger charge is -2.18. The SMILES string of the molecule is CN(CCOc1cccc(Cl)c1)C(=O)c1ccccc1N. The van der Waals surface area contributed by atoms with Crippen molar-refractivity contribution < 1.29 is 9.53 Å². The van der Waals surface area contributed by atoms with Crippen molar-refractivity contribution in [3.63, 3.8) is 0 Å². The zero-order chi connectivity index (χ0) is 15.2. The molecule has 21 heavy (non-hydrogen) atoms. The molecular formula is C16H17ClN2O2. The molecule has 0 fully saturated rings. The quantitative estimate of drug-likeness (QED) is 0.864. The Hall–Kier alpha value is -2.20. The lowest BCUT2D eigenvalue weighted by molar-refractivity contribution is 0.0775. The molecule has 1 amide bonds. The standard InChI is InChI=1S/C16H17ClN2O2/c1-19(16(20)14-7-2-3-8-15(14)18)9-10-21-13-6-4-5-12(17)11-13/h2-8,11H,9-10,18H2,1H3. The molecule has 0 saturated heterocycles. The van der Waals surface area contributed by atoms with E-state index in [0.29, 0.717) is 35.2 Å². The fraction of sp³-hybridized carbons (Fsp3) is 0.188. The van der Waals surface area contributed by atoms with Crippen molar-refractivity contribution in [2.45, 2.75) is 0 Å². The number of hydrogen-bond donors (Lipinski definition) is 1. The van der Waals surface area contributed by atoms with Gasteiger partial charge in [0.2, 0.25) is 0 Å². The highest BCUT2D eigenvalue weighted by molar-refractivity contribution is 6.30. The van der Waals surface area contributed by atoms with Crippen LogP contribution in [0.1, 0.15) is 10.4 Å². The number of rotatable bonds is 5. The Kier molecular flexibility index (Phi) is 5.06. The molecule has 2 N–H and O–H groups in total. The molecular weight excluding hydrogens is 288 g/mol. The van der Waals surface area contributed by atoms with E-state index in [4.69, 9.17) is 22.1 Å². The van der Waals surface area contributed by atoms with Crippen molar-refractivity contribution in [1.82, 2.24) is 4.90 Å². The number of nitrogens with zero attached hydrogens (tertiary/aromatic N) is 1. The number of carbonyl (C=O) groups excluding carboxylic acids is 1. The van der Waals surface area contributed by atoms with Crippen LogP contribution in [0.15, 0.2) is 48.5 Å². The number of anilines is 1. The van der Waals surface area contributed by atoms with Crippen LogP contribution >= 0.6 is 11.6 Å². The van der Waals surface area contributed by atoms with Crippen LogP contribution in [0.25, 0.3) is 0 Å².